The summed E-state index contributed by atoms with van der Waals surface area (Å²) >= 11 is 0. The first-order chi connectivity index (χ1) is 12.4. The van der Waals surface area contributed by atoms with Crippen LogP contribution in [-0.4, -0.2) is 34.2 Å². The van der Waals surface area contributed by atoms with Crippen molar-refractivity contribution < 1.29 is 8.42 Å². The van der Waals surface area contributed by atoms with E-state index in [1.165, 1.54) is 44.8 Å². The summed E-state index contributed by atoms with van der Waals surface area (Å²) in [7, 11) is -1.21. The molecule has 156 valence electrons. The van der Waals surface area contributed by atoms with Crippen LogP contribution in [0.5, 0.6) is 0 Å². The molecule has 0 heterocycles. The van der Waals surface area contributed by atoms with Gasteiger partial charge in [-0.15, -0.1) is 24.0 Å². The molecule has 7 heteroatoms. The van der Waals surface area contributed by atoms with Gasteiger partial charge in [-0.3, -0.25) is 4.99 Å². The average Bonchev–Trinajstić information content (AvgIpc) is 2.60. The Hall–Kier alpha value is -0.830. The third kappa shape index (κ3) is 13.9. The van der Waals surface area contributed by atoms with Crippen LogP contribution in [0.3, 0.4) is 0 Å². The first-order valence-electron chi connectivity index (χ1n) is 9.64. The van der Waals surface area contributed by atoms with Gasteiger partial charge in [-0.05, 0) is 17.5 Å². The number of nitrogens with zero attached hydrogens (tertiary/aromatic N) is 1. The zero-order valence-electron chi connectivity index (χ0n) is 17.0. The van der Waals surface area contributed by atoms with E-state index in [-0.39, 0.29) is 29.7 Å². The van der Waals surface area contributed by atoms with Crippen LogP contribution in [0, 0.1) is 0 Å². The molecule has 27 heavy (non-hydrogen) atoms. The number of unbranched alkanes of at least 4 members (excludes halogenated alkanes) is 6. The fraction of sp³-hybridized carbons (Fsp3) is 0.650. The van der Waals surface area contributed by atoms with Crippen molar-refractivity contribution in [3.8, 4) is 0 Å². The highest BCUT2D eigenvalue weighted by Gasteiger charge is 2.04. The molecule has 5 nitrogen and oxygen atoms in total. The monoisotopic (exact) mass is 509 g/mol. The predicted octanol–water partition coefficient (Wildman–Crippen LogP) is 4.26. The Morgan fingerprint density at radius 1 is 0.926 bits per heavy atom. The molecule has 0 radical (unpaired) electrons. The lowest BCUT2D eigenvalue weighted by Gasteiger charge is -2.12. The number of sulfone groups is 1. The Kier molecular flexibility index (Phi) is 14.7. The van der Waals surface area contributed by atoms with Gasteiger partial charge in [0.2, 0.25) is 0 Å². The minimum Gasteiger partial charge on any atom is -0.356 e. The summed E-state index contributed by atoms with van der Waals surface area (Å²) in [4.78, 5) is 4.24. The molecule has 0 amide bonds. The SMILES string of the molecule is CCCCCCCCCNC(=NC)NCc1ccc(CS(C)(=O)=O)cc1.I. The van der Waals surface area contributed by atoms with Crippen LogP contribution in [0.4, 0.5) is 0 Å². The fourth-order valence-corrected chi connectivity index (χ4v) is 3.55. The van der Waals surface area contributed by atoms with Crippen LogP contribution < -0.4 is 10.6 Å². The molecule has 0 saturated heterocycles. The van der Waals surface area contributed by atoms with Crippen molar-refractivity contribution in [1.29, 1.82) is 0 Å². The van der Waals surface area contributed by atoms with E-state index in [9.17, 15) is 8.42 Å². The van der Waals surface area contributed by atoms with Gasteiger partial charge in [0, 0.05) is 26.4 Å². The highest BCUT2D eigenvalue weighted by molar-refractivity contribution is 14.0. The number of nitrogens with one attached hydrogen (secondary N) is 2. The van der Waals surface area contributed by atoms with Crippen LogP contribution in [0.15, 0.2) is 29.3 Å². The molecule has 0 aliphatic rings. The topological polar surface area (TPSA) is 70.6 Å². The zero-order valence-corrected chi connectivity index (χ0v) is 20.1. The third-order valence-electron chi connectivity index (χ3n) is 4.21. The van der Waals surface area contributed by atoms with Crippen molar-refractivity contribution in [3.05, 3.63) is 35.4 Å². The largest absolute Gasteiger partial charge is 0.356 e. The van der Waals surface area contributed by atoms with Crippen molar-refractivity contribution >= 4 is 39.8 Å². The molecule has 0 spiro atoms. The van der Waals surface area contributed by atoms with Crippen molar-refractivity contribution in [2.45, 2.75) is 64.2 Å². The molecule has 0 atom stereocenters. The maximum absolute atomic E-state index is 11.3. The van der Waals surface area contributed by atoms with Crippen LogP contribution in [0.1, 0.15) is 63.0 Å². The second-order valence-corrected chi connectivity index (χ2v) is 9.00. The smallest absolute Gasteiger partial charge is 0.191 e. The summed E-state index contributed by atoms with van der Waals surface area (Å²) < 4.78 is 22.6. The number of benzene rings is 1. The molecule has 0 aliphatic heterocycles. The molecular formula is C20H36IN3O2S. The van der Waals surface area contributed by atoms with Gasteiger partial charge in [-0.1, -0.05) is 69.7 Å². The molecule has 0 fully saturated rings. The van der Waals surface area contributed by atoms with Crippen molar-refractivity contribution in [2.24, 2.45) is 4.99 Å². The van der Waals surface area contributed by atoms with Gasteiger partial charge in [0.05, 0.1) is 5.75 Å². The molecule has 1 aromatic carbocycles. The summed E-state index contributed by atoms with van der Waals surface area (Å²) in [6.07, 6.45) is 10.3. The van der Waals surface area contributed by atoms with Gasteiger partial charge in [-0.25, -0.2) is 8.42 Å². The van der Waals surface area contributed by atoms with Gasteiger partial charge in [0.25, 0.3) is 0 Å². The Morgan fingerprint density at radius 3 is 2.04 bits per heavy atom. The molecule has 0 aromatic heterocycles. The third-order valence-corrected chi connectivity index (χ3v) is 5.07. The number of halogens is 1. The summed E-state index contributed by atoms with van der Waals surface area (Å²) in [5, 5.41) is 6.64. The van der Waals surface area contributed by atoms with E-state index in [0.717, 1.165) is 30.1 Å². The van der Waals surface area contributed by atoms with Crippen LogP contribution in [0.2, 0.25) is 0 Å². The number of guanidine groups is 1. The molecule has 0 unspecified atom stereocenters. The standard InChI is InChI=1S/C20H35N3O2S.HI/c1-4-5-6-7-8-9-10-15-22-20(21-2)23-16-18-11-13-19(14-12-18)17-26(3,24)25;/h11-14H,4-10,15-17H2,1-3H3,(H2,21,22,23);1H. The Balaban J connectivity index is 0.00000676. The minimum absolute atomic E-state index is 0. The average molecular weight is 509 g/mol. The summed E-state index contributed by atoms with van der Waals surface area (Å²) in [5.41, 5.74) is 1.92. The van der Waals surface area contributed by atoms with E-state index >= 15 is 0 Å². The lowest BCUT2D eigenvalue weighted by molar-refractivity contribution is 0.583. The van der Waals surface area contributed by atoms with Gasteiger partial charge >= 0.3 is 0 Å². The molecule has 0 aliphatic carbocycles. The molecule has 1 rings (SSSR count). The lowest BCUT2D eigenvalue weighted by Crippen LogP contribution is -2.37. The van der Waals surface area contributed by atoms with Crippen LogP contribution >= 0.6 is 24.0 Å². The first-order valence-corrected chi connectivity index (χ1v) is 11.7. The molecule has 0 saturated carbocycles. The Bertz CT molecular complexity index is 631. The van der Waals surface area contributed by atoms with E-state index in [4.69, 9.17) is 0 Å². The highest BCUT2D eigenvalue weighted by atomic mass is 127. The maximum atomic E-state index is 11.3. The molecule has 1 aromatic rings. The van der Waals surface area contributed by atoms with Crippen molar-refractivity contribution in [1.82, 2.24) is 10.6 Å². The minimum atomic E-state index is -2.99. The van der Waals surface area contributed by atoms with Crippen LogP contribution in [0.25, 0.3) is 0 Å². The van der Waals surface area contributed by atoms with Crippen molar-refractivity contribution in [3.63, 3.8) is 0 Å². The van der Waals surface area contributed by atoms with E-state index in [2.05, 4.69) is 22.5 Å². The maximum Gasteiger partial charge on any atom is 0.191 e. The van der Waals surface area contributed by atoms with Gasteiger partial charge in [0.1, 0.15) is 0 Å². The van der Waals surface area contributed by atoms with Gasteiger partial charge < -0.3 is 10.6 Å². The van der Waals surface area contributed by atoms with E-state index < -0.39 is 9.84 Å². The summed E-state index contributed by atoms with van der Waals surface area (Å²) in [6, 6.07) is 7.65. The number of hydrogen-bond donors (Lipinski definition) is 2. The normalized spacial score (nSPS) is 11.7. The van der Waals surface area contributed by atoms with Crippen LogP contribution in [-0.2, 0) is 22.1 Å². The van der Waals surface area contributed by atoms with E-state index in [1.807, 2.05) is 24.3 Å². The van der Waals surface area contributed by atoms with Gasteiger partial charge in [0.15, 0.2) is 15.8 Å². The summed E-state index contributed by atoms with van der Waals surface area (Å²) in [6.45, 7) is 3.84. The fourth-order valence-electron chi connectivity index (χ4n) is 2.75. The first kappa shape index (κ1) is 26.2. The van der Waals surface area contributed by atoms with E-state index in [1.54, 1.807) is 7.05 Å². The zero-order chi connectivity index (χ0) is 19.3. The summed E-state index contributed by atoms with van der Waals surface area (Å²) in [5.74, 6) is 0.888. The number of hydrogen-bond acceptors (Lipinski definition) is 3. The predicted molar refractivity (Wildman–Crippen MR) is 127 cm³/mol. The second-order valence-electron chi connectivity index (χ2n) is 6.86. The van der Waals surface area contributed by atoms with E-state index in [0.29, 0.717) is 6.54 Å². The Labute approximate surface area is 182 Å². The molecular weight excluding hydrogens is 473 g/mol. The lowest BCUT2D eigenvalue weighted by atomic mass is 10.1. The van der Waals surface area contributed by atoms with Crippen molar-refractivity contribution in [2.75, 3.05) is 19.8 Å². The highest BCUT2D eigenvalue weighted by Crippen LogP contribution is 2.08. The number of aliphatic imine (C=N–C) groups is 1. The molecule has 2 N–H and O–H groups in total. The quantitative estimate of drug-likeness (QED) is 0.191. The van der Waals surface area contributed by atoms with Gasteiger partial charge in [-0.2, -0.15) is 0 Å². The Morgan fingerprint density at radius 2 is 1.48 bits per heavy atom. The molecule has 0 bridgehead atoms. The second kappa shape index (κ2) is 15.1. The number of rotatable bonds is 12.